The highest BCUT2D eigenvalue weighted by Crippen LogP contribution is 2.21. The number of piperidine rings is 1. The summed E-state index contributed by atoms with van der Waals surface area (Å²) in [5, 5.41) is 0. The van der Waals surface area contributed by atoms with Crippen LogP contribution in [-0.2, 0) is 0 Å². The average molecular weight is 261 g/mol. The van der Waals surface area contributed by atoms with Crippen LogP contribution >= 0.6 is 0 Å². The molecule has 1 heterocycles. The van der Waals surface area contributed by atoms with E-state index >= 15 is 0 Å². The van der Waals surface area contributed by atoms with Crippen LogP contribution in [0.4, 0.5) is 11.4 Å². The minimum absolute atomic E-state index is 0.754. The number of rotatable bonds is 5. The van der Waals surface area contributed by atoms with Crippen LogP contribution in [0, 0.1) is 0 Å². The molecule has 2 N–H and O–H groups in total. The lowest BCUT2D eigenvalue weighted by atomic mass is 10.00. The molecule has 0 amide bonds. The van der Waals surface area contributed by atoms with Crippen molar-refractivity contribution >= 4 is 11.4 Å². The maximum absolute atomic E-state index is 5.88. The molecule has 1 aliphatic rings. The summed E-state index contributed by atoms with van der Waals surface area (Å²) in [6.45, 7) is 5.64. The summed E-state index contributed by atoms with van der Waals surface area (Å²) >= 11 is 0. The van der Waals surface area contributed by atoms with Gasteiger partial charge in [-0.15, -0.1) is 0 Å². The van der Waals surface area contributed by atoms with Crippen LogP contribution in [-0.4, -0.2) is 37.6 Å². The third-order valence-electron chi connectivity index (χ3n) is 4.27. The number of nitrogens with two attached hydrogens (primary N) is 1. The fourth-order valence-corrected chi connectivity index (χ4v) is 3.00. The molecule has 0 spiro atoms. The highest BCUT2D eigenvalue weighted by Gasteiger charge is 2.19. The summed E-state index contributed by atoms with van der Waals surface area (Å²) in [5.74, 6) is 0. The molecule has 2 rings (SSSR count). The van der Waals surface area contributed by atoms with Crippen LogP contribution in [0.15, 0.2) is 24.3 Å². The van der Waals surface area contributed by atoms with Crippen molar-refractivity contribution in [3.8, 4) is 0 Å². The molecule has 1 aromatic carbocycles. The van der Waals surface area contributed by atoms with E-state index in [0.717, 1.165) is 24.8 Å². The van der Waals surface area contributed by atoms with E-state index in [1.807, 2.05) is 12.1 Å². The van der Waals surface area contributed by atoms with Gasteiger partial charge >= 0.3 is 0 Å². The topological polar surface area (TPSA) is 32.5 Å². The number of benzene rings is 1. The van der Waals surface area contributed by atoms with Crippen molar-refractivity contribution < 1.29 is 0 Å². The predicted molar refractivity (Wildman–Crippen MR) is 83.6 cm³/mol. The van der Waals surface area contributed by atoms with Crippen molar-refractivity contribution in [1.82, 2.24) is 4.90 Å². The van der Waals surface area contributed by atoms with Gasteiger partial charge in [-0.25, -0.2) is 0 Å². The molecule has 1 atom stereocenters. The molecule has 0 radical (unpaired) electrons. The first-order valence-electron chi connectivity index (χ1n) is 7.51. The van der Waals surface area contributed by atoms with Crippen molar-refractivity contribution in [3.05, 3.63) is 24.3 Å². The van der Waals surface area contributed by atoms with Gasteiger partial charge in [-0.05, 0) is 58.0 Å². The normalized spacial score (nSPS) is 20.4. The van der Waals surface area contributed by atoms with Crippen LogP contribution in [0.25, 0.3) is 0 Å². The van der Waals surface area contributed by atoms with Crippen molar-refractivity contribution in [2.75, 3.05) is 37.3 Å². The predicted octanol–water partition coefficient (Wildman–Crippen LogP) is 2.97. The maximum atomic E-state index is 5.88. The Morgan fingerprint density at radius 1 is 1.37 bits per heavy atom. The third-order valence-corrected chi connectivity index (χ3v) is 4.27. The number of nitrogen functional groups attached to an aromatic ring is 1. The third kappa shape index (κ3) is 3.87. The summed E-state index contributed by atoms with van der Waals surface area (Å²) in [5.41, 5.74) is 7.98. The van der Waals surface area contributed by atoms with E-state index in [-0.39, 0.29) is 0 Å². The van der Waals surface area contributed by atoms with E-state index in [1.54, 1.807) is 0 Å². The Kier molecular flexibility index (Phi) is 5.08. The largest absolute Gasteiger partial charge is 0.399 e. The Balaban J connectivity index is 1.92. The first-order chi connectivity index (χ1) is 9.20. The number of hydrogen-bond acceptors (Lipinski definition) is 3. The second-order valence-electron chi connectivity index (χ2n) is 5.59. The Morgan fingerprint density at radius 3 is 2.89 bits per heavy atom. The summed E-state index contributed by atoms with van der Waals surface area (Å²) in [4.78, 5) is 4.95. The van der Waals surface area contributed by atoms with E-state index in [0.29, 0.717) is 0 Å². The number of likely N-dealkylation sites (tertiary alicyclic amines) is 1. The maximum Gasteiger partial charge on any atom is 0.0386 e. The quantitative estimate of drug-likeness (QED) is 0.827. The van der Waals surface area contributed by atoms with Crippen molar-refractivity contribution in [2.24, 2.45) is 0 Å². The Hall–Kier alpha value is -1.22. The second kappa shape index (κ2) is 6.80. The van der Waals surface area contributed by atoms with Gasteiger partial charge in [-0.1, -0.05) is 12.5 Å². The molecule has 106 valence electrons. The first-order valence-corrected chi connectivity index (χ1v) is 7.51. The van der Waals surface area contributed by atoms with Gasteiger partial charge in [0.25, 0.3) is 0 Å². The molecular formula is C16H27N3. The van der Waals surface area contributed by atoms with Gasteiger partial charge < -0.3 is 15.5 Å². The van der Waals surface area contributed by atoms with Crippen molar-refractivity contribution in [3.63, 3.8) is 0 Å². The SMILES string of the molecule is CCN(CCC1CCCCN1C)c1cccc(N)c1. The van der Waals surface area contributed by atoms with Gasteiger partial charge in [0.1, 0.15) is 0 Å². The van der Waals surface area contributed by atoms with Crippen LogP contribution in [0.1, 0.15) is 32.6 Å². The minimum Gasteiger partial charge on any atom is -0.399 e. The summed E-state index contributed by atoms with van der Waals surface area (Å²) in [6.07, 6.45) is 5.35. The van der Waals surface area contributed by atoms with Gasteiger partial charge in [0.15, 0.2) is 0 Å². The molecule has 1 fully saturated rings. The van der Waals surface area contributed by atoms with E-state index < -0.39 is 0 Å². The minimum atomic E-state index is 0.754. The fourth-order valence-electron chi connectivity index (χ4n) is 3.00. The van der Waals surface area contributed by atoms with Crippen LogP contribution in [0.2, 0.25) is 0 Å². The van der Waals surface area contributed by atoms with E-state index in [2.05, 4.69) is 35.9 Å². The van der Waals surface area contributed by atoms with E-state index in [9.17, 15) is 0 Å². The Morgan fingerprint density at radius 2 is 2.21 bits per heavy atom. The number of hydrogen-bond donors (Lipinski definition) is 1. The summed E-state index contributed by atoms with van der Waals surface area (Å²) in [6, 6.07) is 8.98. The van der Waals surface area contributed by atoms with Crippen LogP contribution in [0.5, 0.6) is 0 Å². The lowest BCUT2D eigenvalue weighted by molar-refractivity contribution is 0.177. The molecule has 1 aromatic rings. The highest BCUT2D eigenvalue weighted by molar-refractivity contribution is 5.55. The standard InChI is InChI=1S/C16H27N3/c1-3-19(16-9-6-7-14(17)13-16)12-10-15-8-4-5-11-18(15)2/h6-7,9,13,15H,3-5,8,10-12,17H2,1-2H3. The highest BCUT2D eigenvalue weighted by atomic mass is 15.2. The van der Waals surface area contributed by atoms with Crippen LogP contribution in [0.3, 0.4) is 0 Å². The Labute approximate surface area is 117 Å². The molecule has 0 aromatic heterocycles. The molecule has 1 unspecified atom stereocenters. The fraction of sp³-hybridized carbons (Fsp3) is 0.625. The Bertz CT molecular complexity index is 391. The summed E-state index contributed by atoms with van der Waals surface area (Å²) < 4.78 is 0. The summed E-state index contributed by atoms with van der Waals surface area (Å²) in [7, 11) is 2.26. The molecule has 0 aliphatic carbocycles. The molecule has 3 heteroatoms. The van der Waals surface area contributed by atoms with E-state index in [1.165, 1.54) is 37.9 Å². The zero-order valence-corrected chi connectivity index (χ0v) is 12.3. The molecule has 1 aliphatic heterocycles. The van der Waals surface area contributed by atoms with Gasteiger partial charge in [0.05, 0.1) is 0 Å². The average Bonchev–Trinajstić information content (AvgIpc) is 2.41. The molecule has 19 heavy (non-hydrogen) atoms. The van der Waals surface area contributed by atoms with Crippen LogP contribution < -0.4 is 10.6 Å². The smallest absolute Gasteiger partial charge is 0.0386 e. The van der Waals surface area contributed by atoms with Crippen molar-refractivity contribution in [1.29, 1.82) is 0 Å². The molecule has 3 nitrogen and oxygen atoms in total. The molecule has 0 bridgehead atoms. The molecular weight excluding hydrogens is 234 g/mol. The molecule has 0 saturated carbocycles. The zero-order chi connectivity index (χ0) is 13.7. The zero-order valence-electron chi connectivity index (χ0n) is 12.3. The van der Waals surface area contributed by atoms with Gasteiger partial charge in [0, 0.05) is 30.5 Å². The lowest BCUT2D eigenvalue weighted by Gasteiger charge is -2.34. The van der Waals surface area contributed by atoms with Gasteiger partial charge in [-0.3, -0.25) is 0 Å². The van der Waals surface area contributed by atoms with Crippen molar-refractivity contribution in [2.45, 2.75) is 38.6 Å². The second-order valence-corrected chi connectivity index (χ2v) is 5.59. The monoisotopic (exact) mass is 261 g/mol. The molecule has 1 saturated heterocycles. The first kappa shape index (κ1) is 14.2. The number of nitrogens with zero attached hydrogens (tertiary/aromatic N) is 2. The number of anilines is 2. The lowest BCUT2D eigenvalue weighted by Crippen LogP contribution is -2.39. The van der Waals surface area contributed by atoms with Gasteiger partial charge in [-0.2, -0.15) is 0 Å². The van der Waals surface area contributed by atoms with Gasteiger partial charge in [0.2, 0.25) is 0 Å². The van der Waals surface area contributed by atoms with E-state index in [4.69, 9.17) is 5.73 Å².